The van der Waals surface area contributed by atoms with E-state index in [0.29, 0.717) is 6.42 Å². The van der Waals surface area contributed by atoms with E-state index in [0.717, 1.165) is 0 Å². The van der Waals surface area contributed by atoms with Crippen molar-refractivity contribution in [3.05, 3.63) is 23.1 Å². The lowest BCUT2D eigenvalue weighted by atomic mass is 10.1. The van der Waals surface area contributed by atoms with E-state index in [1.165, 1.54) is 25.3 Å². The summed E-state index contributed by atoms with van der Waals surface area (Å²) >= 11 is 0. The minimum atomic E-state index is -4.19. The highest BCUT2D eigenvalue weighted by Gasteiger charge is 2.26. The standard InChI is InChI=1S/C7H11NO4S/c1-12-7(8)4-2-3-6(5-7)13(9,10)11/h2-3,5H,4,8H2,1H3,(H,9,10,11). The van der Waals surface area contributed by atoms with Crippen molar-refractivity contribution in [3.63, 3.8) is 0 Å². The fourth-order valence-electron chi connectivity index (χ4n) is 1.01. The number of methoxy groups -OCH3 is 1. The SMILES string of the molecule is COC1(N)C=C(S(=O)(=O)O)C=CC1. The van der Waals surface area contributed by atoms with Crippen LogP contribution in [0.1, 0.15) is 6.42 Å². The number of allylic oxidation sites excluding steroid dienone is 1. The molecular formula is C7H11NO4S. The van der Waals surface area contributed by atoms with Crippen molar-refractivity contribution in [3.8, 4) is 0 Å². The van der Waals surface area contributed by atoms with Gasteiger partial charge in [0.2, 0.25) is 0 Å². The molecule has 13 heavy (non-hydrogen) atoms. The van der Waals surface area contributed by atoms with E-state index in [9.17, 15) is 8.42 Å². The third kappa shape index (κ3) is 2.38. The van der Waals surface area contributed by atoms with Crippen molar-refractivity contribution < 1.29 is 17.7 Å². The molecule has 1 unspecified atom stereocenters. The van der Waals surface area contributed by atoms with Crippen LogP contribution in [0.3, 0.4) is 0 Å². The molecule has 0 bridgehead atoms. The van der Waals surface area contributed by atoms with Crippen molar-refractivity contribution in [2.45, 2.75) is 12.1 Å². The molecule has 0 aromatic rings. The average Bonchev–Trinajstić information content (AvgIpc) is 2.03. The van der Waals surface area contributed by atoms with Crippen molar-refractivity contribution in [1.82, 2.24) is 0 Å². The normalized spacial score (nSPS) is 28.7. The second kappa shape index (κ2) is 3.22. The summed E-state index contributed by atoms with van der Waals surface area (Å²) in [5.74, 6) is 0. The highest BCUT2D eigenvalue weighted by atomic mass is 32.2. The summed E-state index contributed by atoms with van der Waals surface area (Å²) in [5, 5.41) is 0. The molecule has 6 heteroatoms. The van der Waals surface area contributed by atoms with E-state index in [-0.39, 0.29) is 4.91 Å². The monoisotopic (exact) mass is 205 g/mol. The first kappa shape index (κ1) is 10.4. The third-order valence-electron chi connectivity index (χ3n) is 1.78. The van der Waals surface area contributed by atoms with Crippen LogP contribution in [0.25, 0.3) is 0 Å². The van der Waals surface area contributed by atoms with Crippen LogP contribution in [0.5, 0.6) is 0 Å². The Morgan fingerprint density at radius 3 is 2.77 bits per heavy atom. The van der Waals surface area contributed by atoms with E-state index in [2.05, 4.69) is 0 Å². The fourth-order valence-corrected chi connectivity index (χ4v) is 1.63. The van der Waals surface area contributed by atoms with Gasteiger partial charge >= 0.3 is 0 Å². The predicted molar refractivity (Wildman–Crippen MR) is 47.3 cm³/mol. The van der Waals surface area contributed by atoms with Gasteiger partial charge in [0.15, 0.2) is 0 Å². The van der Waals surface area contributed by atoms with Crippen molar-refractivity contribution in [2.75, 3.05) is 7.11 Å². The molecule has 1 rings (SSSR count). The summed E-state index contributed by atoms with van der Waals surface area (Å²) in [4.78, 5) is -0.233. The Bertz CT molecular complexity index is 357. The molecule has 1 aliphatic carbocycles. The fraction of sp³-hybridized carbons (Fsp3) is 0.429. The molecule has 0 aromatic carbocycles. The zero-order chi connectivity index (χ0) is 10.1. The molecule has 0 saturated heterocycles. The molecular weight excluding hydrogens is 194 g/mol. The number of nitrogens with two attached hydrogens (primary N) is 1. The first-order valence-electron chi connectivity index (χ1n) is 3.58. The number of hydrogen-bond acceptors (Lipinski definition) is 4. The van der Waals surface area contributed by atoms with Gasteiger partial charge in [-0.15, -0.1) is 0 Å². The Balaban J connectivity index is 3.08. The van der Waals surface area contributed by atoms with Crippen molar-refractivity contribution in [1.29, 1.82) is 0 Å². The lowest BCUT2D eigenvalue weighted by molar-refractivity contribution is 0.0393. The second-order valence-electron chi connectivity index (χ2n) is 2.79. The van der Waals surface area contributed by atoms with Crippen LogP contribution in [0, 0.1) is 0 Å². The lowest BCUT2D eigenvalue weighted by Gasteiger charge is -2.25. The van der Waals surface area contributed by atoms with Crippen LogP contribution < -0.4 is 5.73 Å². The molecule has 74 valence electrons. The smallest absolute Gasteiger partial charge is 0.294 e. The van der Waals surface area contributed by atoms with Crippen LogP contribution in [0.15, 0.2) is 23.1 Å². The minimum absolute atomic E-state index is 0.233. The molecule has 0 heterocycles. The van der Waals surface area contributed by atoms with Gasteiger partial charge in [0.05, 0.1) is 4.91 Å². The van der Waals surface area contributed by atoms with Crippen LogP contribution in [0.4, 0.5) is 0 Å². The molecule has 0 saturated carbocycles. The van der Waals surface area contributed by atoms with E-state index >= 15 is 0 Å². The first-order valence-corrected chi connectivity index (χ1v) is 5.02. The van der Waals surface area contributed by atoms with Gasteiger partial charge in [-0.1, -0.05) is 6.08 Å². The topological polar surface area (TPSA) is 89.6 Å². The maximum atomic E-state index is 10.7. The highest BCUT2D eigenvalue weighted by Crippen LogP contribution is 2.22. The van der Waals surface area contributed by atoms with E-state index in [1.54, 1.807) is 0 Å². The number of ether oxygens (including phenoxy) is 1. The molecule has 5 nitrogen and oxygen atoms in total. The molecule has 0 fully saturated rings. The molecule has 0 aliphatic heterocycles. The summed E-state index contributed by atoms with van der Waals surface area (Å²) in [6.45, 7) is 0. The molecule has 1 aliphatic rings. The summed E-state index contributed by atoms with van der Waals surface area (Å²) in [6.07, 6.45) is 4.39. The molecule has 1 atom stereocenters. The van der Waals surface area contributed by atoms with Crippen molar-refractivity contribution >= 4 is 10.1 Å². The molecule has 0 amide bonds. The molecule has 3 N–H and O–H groups in total. The minimum Gasteiger partial charge on any atom is -0.360 e. The Labute approximate surface area is 76.6 Å². The lowest BCUT2D eigenvalue weighted by Crippen LogP contribution is -2.40. The van der Waals surface area contributed by atoms with Gasteiger partial charge in [0, 0.05) is 13.5 Å². The molecule has 0 radical (unpaired) electrons. The van der Waals surface area contributed by atoms with Crippen molar-refractivity contribution in [2.24, 2.45) is 5.73 Å². The Morgan fingerprint density at radius 1 is 1.69 bits per heavy atom. The van der Waals surface area contributed by atoms with Crippen LogP contribution >= 0.6 is 0 Å². The summed E-state index contributed by atoms with van der Waals surface area (Å²) < 4.78 is 35.0. The zero-order valence-electron chi connectivity index (χ0n) is 7.10. The van der Waals surface area contributed by atoms with E-state index in [1.807, 2.05) is 0 Å². The largest absolute Gasteiger partial charge is 0.360 e. The van der Waals surface area contributed by atoms with Gasteiger partial charge in [-0.2, -0.15) is 8.42 Å². The van der Waals surface area contributed by atoms with Gasteiger partial charge in [0.1, 0.15) is 5.72 Å². The Hall–Kier alpha value is -0.690. The van der Waals surface area contributed by atoms with E-state index in [4.69, 9.17) is 15.0 Å². The second-order valence-corrected chi connectivity index (χ2v) is 4.21. The number of rotatable bonds is 2. The number of hydrogen-bond donors (Lipinski definition) is 2. The maximum Gasteiger partial charge on any atom is 0.294 e. The first-order chi connectivity index (χ1) is 5.87. The van der Waals surface area contributed by atoms with Gasteiger partial charge in [0.25, 0.3) is 10.1 Å². The Kier molecular flexibility index (Phi) is 2.58. The Morgan fingerprint density at radius 2 is 2.31 bits per heavy atom. The van der Waals surface area contributed by atoms with E-state index < -0.39 is 15.8 Å². The van der Waals surface area contributed by atoms with Crippen LogP contribution in [-0.4, -0.2) is 25.8 Å². The van der Waals surface area contributed by atoms with Gasteiger partial charge < -0.3 is 4.74 Å². The maximum absolute atomic E-state index is 10.7. The van der Waals surface area contributed by atoms with Gasteiger partial charge in [-0.25, -0.2) is 0 Å². The quantitative estimate of drug-likeness (QED) is 0.490. The average molecular weight is 205 g/mol. The van der Waals surface area contributed by atoms with Gasteiger partial charge in [-0.05, 0) is 12.2 Å². The van der Waals surface area contributed by atoms with Gasteiger partial charge in [-0.3, -0.25) is 10.3 Å². The molecule has 0 spiro atoms. The summed E-state index contributed by atoms with van der Waals surface area (Å²) in [5.41, 5.74) is 4.48. The summed E-state index contributed by atoms with van der Waals surface area (Å²) in [6, 6.07) is 0. The van der Waals surface area contributed by atoms with Crippen LogP contribution in [-0.2, 0) is 14.9 Å². The highest BCUT2D eigenvalue weighted by molar-refractivity contribution is 7.90. The summed E-state index contributed by atoms with van der Waals surface area (Å²) in [7, 11) is -2.82. The van der Waals surface area contributed by atoms with Crippen LogP contribution in [0.2, 0.25) is 0 Å². The third-order valence-corrected chi connectivity index (χ3v) is 2.63. The predicted octanol–water partition coefficient (Wildman–Crippen LogP) is 0.0194. The molecule has 0 aromatic heterocycles. The zero-order valence-corrected chi connectivity index (χ0v) is 7.91.